The number of rotatable bonds is 2. The summed E-state index contributed by atoms with van der Waals surface area (Å²) < 4.78 is 0. The first kappa shape index (κ1) is 16.6. The predicted molar refractivity (Wildman–Crippen MR) is 86.6 cm³/mol. The predicted octanol–water partition coefficient (Wildman–Crippen LogP) is 2.37. The van der Waals surface area contributed by atoms with E-state index >= 15 is 0 Å². The minimum absolute atomic E-state index is 0.267. The molecule has 1 aromatic carbocycles. The summed E-state index contributed by atoms with van der Waals surface area (Å²) in [5.41, 5.74) is 3.92. The van der Waals surface area contributed by atoms with Crippen LogP contribution in [-0.2, 0) is 0 Å². The summed E-state index contributed by atoms with van der Waals surface area (Å²) in [6.45, 7) is 7.47. The van der Waals surface area contributed by atoms with Crippen molar-refractivity contribution in [1.29, 1.82) is 0 Å². The summed E-state index contributed by atoms with van der Waals surface area (Å²) in [6.07, 6.45) is 2.78. The Balaban J connectivity index is 2.28. The molecule has 0 unspecified atom stereocenters. The molecule has 2 aromatic rings. The van der Waals surface area contributed by atoms with Gasteiger partial charge < -0.3 is 0 Å². The van der Waals surface area contributed by atoms with Crippen LogP contribution in [0.5, 0.6) is 0 Å². The second kappa shape index (κ2) is 6.56. The third-order valence-corrected chi connectivity index (χ3v) is 3.20. The monoisotopic (exact) mass is 312 g/mol. The largest absolute Gasteiger partial charge is 0.272 e. The summed E-state index contributed by atoms with van der Waals surface area (Å²) in [5.74, 6) is -0.674. The molecule has 0 bridgehead atoms. The number of benzene rings is 1. The molecular weight excluding hydrogens is 292 g/mol. The quantitative estimate of drug-likeness (QED) is 0.864. The zero-order valence-electron chi connectivity index (χ0n) is 13.7. The molecule has 0 atom stereocenters. The molecule has 1 aromatic heterocycles. The Hall–Kier alpha value is -2.76. The fourth-order valence-electron chi connectivity index (χ4n) is 2.02. The van der Waals surface area contributed by atoms with E-state index in [4.69, 9.17) is 0 Å². The molecule has 2 rings (SSSR count). The van der Waals surface area contributed by atoms with Gasteiger partial charge in [0.05, 0.1) is 23.5 Å². The van der Waals surface area contributed by atoms with Gasteiger partial charge >= 0.3 is 0 Å². The Morgan fingerprint density at radius 3 is 2.39 bits per heavy atom. The number of carbonyl (C=O) groups is 2. The normalized spacial score (nSPS) is 11.0. The van der Waals surface area contributed by atoms with E-state index in [1.807, 2.05) is 39.8 Å². The van der Waals surface area contributed by atoms with Crippen molar-refractivity contribution in [2.45, 2.75) is 33.2 Å². The van der Waals surface area contributed by atoms with E-state index in [2.05, 4.69) is 15.6 Å². The topological polar surface area (TPSA) is 75.2 Å². The average molecular weight is 312 g/mol. The summed E-state index contributed by atoms with van der Waals surface area (Å²) >= 11 is 0. The van der Waals surface area contributed by atoms with E-state index in [1.165, 1.54) is 17.4 Å². The lowest BCUT2D eigenvalue weighted by molar-refractivity contribution is 0.0358. The Labute approximate surface area is 135 Å². The Morgan fingerprint density at radius 1 is 1.09 bits per heavy atom. The highest BCUT2D eigenvalue weighted by atomic mass is 16.2. The molecule has 1 heterocycles. The number of aryl methyl sites for hydroxylation is 1. The molecule has 0 spiro atoms. The zero-order chi connectivity index (χ0) is 17.0. The molecule has 2 amide bonds. The van der Waals surface area contributed by atoms with Crippen LogP contribution >= 0.6 is 0 Å². The number of hydrogen-bond donors (Lipinski definition) is 1. The van der Waals surface area contributed by atoms with Gasteiger partial charge in [0.2, 0.25) is 0 Å². The van der Waals surface area contributed by atoms with Crippen molar-refractivity contribution in [3.8, 4) is 0 Å². The Bertz CT molecular complexity index is 708. The summed E-state index contributed by atoms with van der Waals surface area (Å²) in [7, 11) is 0. The van der Waals surface area contributed by atoms with Crippen LogP contribution in [0.4, 0.5) is 0 Å². The number of carbonyl (C=O) groups excluding carboxylic acids is 2. The van der Waals surface area contributed by atoms with Gasteiger partial charge in [-0.15, -0.1) is 0 Å². The van der Waals surface area contributed by atoms with Crippen LogP contribution in [0.15, 0.2) is 42.7 Å². The second-order valence-electron chi connectivity index (χ2n) is 6.25. The number of amides is 2. The highest BCUT2D eigenvalue weighted by molar-refractivity contribution is 5.99. The maximum absolute atomic E-state index is 12.8. The van der Waals surface area contributed by atoms with Gasteiger partial charge in [0.1, 0.15) is 0 Å². The fourth-order valence-corrected chi connectivity index (χ4v) is 2.02. The number of hydrazine groups is 1. The first-order chi connectivity index (χ1) is 10.8. The highest BCUT2D eigenvalue weighted by Gasteiger charge is 2.29. The van der Waals surface area contributed by atoms with Crippen molar-refractivity contribution in [1.82, 2.24) is 20.6 Å². The van der Waals surface area contributed by atoms with Gasteiger partial charge in [-0.1, -0.05) is 17.7 Å². The molecule has 0 aliphatic heterocycles. The third kappa shape index (κ3) is 4.12. The van der Waals surface area contributed by atoms with Crippen LogP contribution in [-0.4, -0.2) is 32.6 Å². The minimum Gasteiger partial charge on any atom is -0.267 e. The van der Waals surface area contributed by atoms with E-state index < -0.39 is 11.4 Å². The standard InChI is InChI=1S/C17H20N4O2/c1-12-6-5-7-13(10-12)16(23)21(17(2,3)4)20-15(22)14-8-9-18-19-11-14/h5-11H,1-4H3,(H,20,22). The van der Waals surface area contributed by atoms with Crippen molar-refractivity contribution in [3.05, 3.63) is 59.4 Å². The van der Waals surface area contributed by atoms with Crippen LogP contribution in [0, 0.1) is 6.92 Å². The minimum atomic E-state index is -0.586. The van der Waals surface area contributed by atoms with E-state index in [0.717, 1.165) is 5.56 Å². The van der Waals surface area contributed by atoms with Gasteiger partial charge in [0, 0.05) is 5.56 Å². The molecule has 6 heteroatoms. The molecule has 0 aliphatic rings. The molecule has 1 N–H and O–H groups in total. The molecular formula is C17H20N4O2. The van der Waals surface area contributed by atoms with E-state index in [1.54, 1.807) is 18.2 Å². The van der Waals surface area contributed by atoms with Gasteiger partial charge in [-0.2, -0.15) is 10.2 Å². The van der Waals surface area contributed by atoms with Gasteiger partial charge in [0.15, 0.2) is 0 Å². The molecule has 6 nitrogen and oxygen atoms in total. The second-order valence-corrected chi connectivity index (χ2v) is 6.25. The number of aromatic nitrogens is 2. The summed E-state index contributed by atoms with van der Waals surface area (Å²) in [6, 6.07) is 8.80. The maximum Gasteiger partial charge on any atom is 0.272 e. The lowest BCUT2D eigenvalue weighted by Crippen LogP contribution is -2.55. The lowest BCUT2D eigenvalue weighted by atomic mass is 10.1. The van der Waals surface area contributed by atoms with Crippen LogP contribution < -0.4 is 5.43 Å². The van der Waals surface area contributed by atoms with E-state index in [9.17, 15) is 9.59 Å². The average Bonchev–Trinajstić information content (AvgIpc) is 2.51. The summed E-state index contributed by atoms with van der Waals surface area (Å²) in [5, 5.41) is 8.65. The molecule has 0 saturated carbocycles. The fraction of sp³-hybridized carbons (Fsp3) is 0.294. The Morgan fingerprint density at radius 2 is 1.83 bits per heavy atom. The number of nitrogens with one attached hydrogen (secondary N) is 1. The Kier molecular flexibility index (Phi) is 4.74. The maximum atomic E-state index is 12.8. The highest BCUT2D eigenvalue weighted by Crippen LogP contribution is 2.16. The van der Waals surface area contributed by atoms with Crippen molar-refractivity contribution in [2.75, 3.05) is 0 Å². The van der Waals surface area contributed by atoms with Crippen LogP contribution in [0.1, 0.15) is 47.1 Å². The van der Waals surface area contributed by atoms with Gasteiger partial charge in [0.25, 0.3) is 11.8 Å². The lowest BCUT2D eigenvalue weighted by Gasteiger charge is -2.35. The van der Waals surface area contributed by atoms with Crippen LogP contribution in [0.2, 0.25) is 0 Å². The van der Waals surface area contributed by atoms with Crippen molar-refractivity contribution < 1.29 is 9.59 Å². The molecule has 120 valence electrons. The van der Waals surface area contributed by atoms with Gasteiger partial charge in [-0.3, -0.25) is 15.0 Å². The van der Waals surface area contributed by atoms with E-state index in [0.29, 0.717) is 11.1 Å². The van der Waals surface area contributed by atoms with Gasteiger partial charge in [-0.05, 0) is 45.9 Å². The van der Waals surface area contributed by atoms with Crippen molar-refractivity contribution >= 4 is 11.8 Å². The summed E-state index contributed by atoms with van der Waals surface area (Å²) in [4.78, 5) is 25.1. The van der Waals surface area contributed by atoms with Crippen LogP contribution in [0.25, 0.3) is 0 Å². The first-order valence-electron chi connectivity index (χ1n) is 7.28. The first-order valence-corrected chi connectivity index (χ1v) is 7.28. The SMILES string of the molecule is Cc1cccc(C(=O)N(NC(=O)c2ccnnc2)C(C)(C)C)c1. The molecule has 0 fully saturated rings. The van der Waals surface area contributed by atoms with Crippen LogP contribution in [0.3, 0.4) is 0 Å². The van der Waals surface area contributed by atoms with Crippen molar-refractivity contribution in [3.63, 3.8) is 0 Å². The molecule has 23 heavy (non-hydrogen) atoms. The number of hydrogen-bond acceptors (Lipinski definition) is 4. The zero-order valence-corrected chi connectivity index (χ0v) is 13.7. The third-order valence-electron chi connectivity index (χ3n) is 3.20. The smallest absolute Gasteiger partial charge is 0.267 e. The molecule has 0 radical (unpaired) electrons. The number of nitrogens with zero attached hydrogens (tertiary/aromatic N) is 3. The molecule has 0 aliphatic carbocycles. The van der Waals surface area contributed by atoms with Crippen molar-refractivity contribution in [2.24, 2.45) is 0 Å². The molecule has 0 saturated heterocycles. The van der Waals surface area contributed by atoms with Gasteiger partial charge in [-0.25, -0.2) is 5.01 Å². The van der Waals surface area contributed by atoms with E-state index in [-0.39, 0.29) is 5.91 Å².